The molecule has 0 amide bonds. The van der Waals surface area contributed by atoms with Crippen LogP contribution in [0.25, 0.3) is 0 Å². The molecule has 1 heterocycles. The van der Waals surface area contributed by atoms with Gasteiger partial charge in [-0.1, -0.05) is 38.5 Å². The van der Waals surface area contributed by atoms with E-state index >= 15 is 0 Å². The van der Waals surface area contributed by atoms with Gasteiger partial charge in [0.05, 0.1) is 0 Å². The first kappa shape index (κ1) is 15.3. The number of piperidine rings is 1. The zero-order valence-electron chi connectivity index (χ0n) is 13.0. The summed E-state index contributed by atoms with van der Waals surface area (Å²) in [5.41, 5.74) is 3.33. The van der Waals surface area contributed by atoms with Crippen molar-refractivity contribution < 1.29 is 0 Å². The molecule has 2 fully saturated rings. The molecule has 0 spiro atoms. The van der Waals surface area contributed by atoms with Gasteiger partial charge in [-0.3, -0.25) is 16.2 Å². The van der Waals surface area contributed by atoms with E-state index in [0.29, 0.717) is 6.04 Å². The van der Waals surface area contributed by atoms with E-state index < -0.39 is 0 Å². The standard InChI is InChI=1S/C16H33N3/c1-16(2,19-11-7-4-8-12-19)15(18-17)13-14-9-5-3-6-10-14/h14-15,18H,3-13,17H2,1-2H3. The number of hydrogen-bond acceptors (Lipinski definition) is 3. The van der Waals surface area contributed by atoms with Crippen molar-refractivity contribution in [3.8, 4) is 0 Å². The van der Waals surface area contributed by atoms with Gasteiger partial charge in [0.1, 0.15) is 0 Å². The Labute approximate surface area is 119 Å². The maximum Gasteiger partial charge on any atom is 0.0392 e. The molecule has 1 saturated heterocycles. The van der Waals surface area contributed by atoms with Gasteiger partial charge in [-0.25, -0.2) is 0 Å². The number of likely N-dealkylation sites (tertiary alicyclic amines) is 1. The highest BCUT2D eigenvalue weighted by molar-refractivity contribution is 4.95. The molecule has 1 saturated carbocycles. The molecule has 19 heavy (non-hydrogen) atoms. The van der Waals surface area contributed by atoms with Crippen molar-refractivity contribution in [3.63, 3.8) is 0 Å². The van der Waals surface area contributed by atoms with Gasteiger partial charge in [-0.2, -0.15) is 0 Å². The van der Waals surface area contributed by atoms with Crippen molar-refractivity contribution in [1.82, 2.24) is 10.3 Å². The summed E-state index contributed by atoms with van der Waals surface area (Å²) in [6, 6.07) is 0.425. The molecule has 3 heteroatoms. The van der Waals surface area contributed by atoms with E-state index in [1.807, 2.05) is 0 Å². The maximum atomic E-state index is 5.91. The van der Waals surface area contributed by atoms with Crippen LogP contribution in [0, 0.1) is 5.92 Å². The van der Waals surface area contributed by atoms with Crippen LogP contribution < -0.4 is 11.3 Å². The first-order valence-corrected chi connectivity index (χ1v) is 8.36. The summed E-state index contributed by atoms with van der Waals surface area (Å²) in [6.45, 7) is 7.25. The Kier molecular flexibility index (Phi) is 5.67. The average molecular weight is 267 g/mol. The zero-order chi connectivity index (χ0) is 13.7. The number of nitrogens with one attached hydrogen (secondary N) is 1. The van der Waals surface area contributed by atoms with Crippen LogP contribution in [-0.4, -0.2) is 29.6 Å². The fourth-order valence-corrected chi connectivity index (χ4v) is 4.01. The van der Waals surface area contributed by atoms with Crippen molar-refractivity contribution in [2.75, 3.05) is 13.1 Å². The molecule has 2 aliphatic rings. The smallest absolute Gasteiger partial charge is 0.0392 e. The number of rotatable bonds is 5. The van der Waals surface area contributed by atoms with E-state index in [-0.39, 0.29) is 5.54 Å². The molecular formula is C16H33N3. The van der Waals surface area contributed by atoms with E-state index in [1.165, 1.54) is 70.9 Å². The molecule has 2 rings (SSSR count). The lowest BCUT2D eigenvalue weighted by Gasteiger charge is -2.46. The average Bonchev–Trinajstić information content (AvgIpc) is 2.46. The second kappa shape index (κ2) is 7.05. The number of hydrogen-bond donors (Lipinski definition) is 2. The van der Waals surface area contributed by atoms with Crippen LogP contribution >= 0.6 is 0 Å². The first-order valence-electron chi connectivity index (χ1n) is 8.36. The van der Waals surface area contributed by atoms with Crippen LogP contribution in [0.5, 0.6) is 0 Å². The Morgan fingerprint density at radius 2 is 1.63 bits per heavy atom. The fourth-order valence-electron chi connectivity index (χ4n) is 4.01. The predicted octanol–water partition coefficient (Wildman–Crippen LogP) is 3.05. The highest BCUT2D eigenvalue weighted by Crippen LogP contribution is 2.32. The molecule has 1 atom stereocenters. The maximum absolute atomic E-state index is 5.91. The molecule has 0 bridgehead atoms. The van der Waals surface area contributed by atoms with Gasteiger partial charge in [0.15, 0.2) is 0 Å². The highest BCUT2D eigenvalue weighted by atomic mass is 15.3. The monoisotopic (exact) mass is 267 g/mol. The van der Waals surface area contributed by atoms with Crippen LogP contribution in [0.3, 0.4) is 0 Å². The van der Waals surface area contributed by atoms with E-state index in [1.54, 1.807) is 0 Å². The zero-order valence-corrected chi connectivity index (χ0v) is 13.0. The lowest BCUT2D eigenvalue weighted by atomic mass is 9.79. The van der Waals surface area contributed by atoms with Crippen LogP contribution in [0.2, 0.25) is 0 Å². The molecule has 3 N–H and O–H groups in total. The molecule has 1 unspecified atom stereocenters. The van der Waals surface area contributed by atoms with Gasteiger partial charge < -0.3 is 0 Å². The lowest BCUT2D eigenvalue weighted by molar-refractivity contribution is 0.0500. The minimum absolute atomic E-state index is 0.187. The predicted molar refractivity (Wildman–Crippen MR) is 81.8 cm³/mol. The fraction of sp³-hybridized carbons (Fsp3) is 1.00. The van der Waals surface area contributed by atoms with Gasteiger partial charge in [0.25, 0.3) is 0 Å². The summed E-state index contributed by atoms with van der Waals surface area (Å²) in [4.78, 5) is 2.66. The van der Waals surface area contributed by atoms with Gasteiger partial charge in [-0.05, 0) is 52.1 Å². The number of nitrogens with two attached hydrogens (primary N) is 1. The third-order valence-corrected chi connectivity index (χ3v) is 5.52. The SMILES string of the molecule is CC(C)(C(CC1CCCCC1)NN)N1CCCCC1. The Morgan fingerprint density at radius 1 is 1.05 bits per heavy atom. The minimum Gasteiger partial charge on any atom is -0.297 e. The van der Waals surface area contributed by atoms with Gasteiger partial charge >= 0.3 is 0 Å². The molecule has 3 nitrogen and oxygen atoms in total. The van der Waals surface area contributed by atoms with Crippen LogP contribution in [0.15, 0.2) is 0 Å². The van der Waals surface area contributed by atoms with E-state index in [9.17, 15) is 0 Å². The van der Waals surface area contributed by atoms with E-state index in [4.69, 9.17) is 5.84 Å². The molecule has 1 aliphatic heterocycles. The third-order valence-electron chi connectivity index (χ3n) is 5.52. The third kappa shape index (κ3) is 3.93. The van der Waals surface area contributed by atoms with Crippen LogP contribution in [-0.2, 0) is 0 Å². The number of hydrazine groups is 1. The molecule has 0 aromatic heterocycles. The second-order valence-electron chi connectivity index (χ2n) is 7.16. The molecule has 0 aromatic rings. The normalized spacial score (nSPS) is 25.4. The quantitative estimate of drug-likeness (QED) is 0.594. The topological polar surface area (TPSA) is 41.3 Å². The molecule has 1 aliphatic carbocycles. The first-order chi connectivity index (χ1) is 9.14. The summed E-state index contributed by atoms with van der Waals surface area (Å²) < 4.78 is 0. The largest absolute Gasteiger partial charge is 0.297 e. The Bertz CT molecular complexity index is 253. The molecule has 112 valence electrons. The van der Waals surface area contributed by atoms with Crippen molar-refractivity contribution in [1.29, 1.82) is 0 Å². The Hall–Kier alpha value is -0.120. The Balaban J connectivity index is 1.93. The van der Waals surface area contributed by atoms with E-state index in [2.05, 4.69) is 24.2 Å². The lowest BCUT2D eigenvalue weighted by Crippen LogP contribution is -2.61. The highest BCUT2D eigenvalue weighted by Gasteiger charge is 2.36. The minimum atomic E-state index is 0.187. The van der Waals surface area contributed by atoms with Gasteiger partial charge in [0, 0.05) is 11.6 Å². The van der Waals surface area contributed by atoms with Crippen LogP contribution in [0.1, 0.15) is 71.6 Å². The molecule has 0 aromatic carbocycles. The molecular weight excluding hydrogens is 234 g/mol. The summed E-state index contributed by atoms with van der Waals surface area (Å²) >= 11 is 0. The Morgan fingerprint density at radius 3 is 2.21 bits per heavy atom. The van der Waals surface area contributed by atoms with E-state index in [0.717, 1.165) is 5.92 Å². The number of nitrogens with zero attached hydrogens (tertiary/aromatic N) is 1. The second-order valence-corrected chi connectivity index (χ2v) is 7.16. The molecule has 0 radical (unpaired) electrons. The van der Waals surface area contributed by atoms with Crippen molar-refractivity contribution >= 4 is 0 Å². The van der Waals surface area contributed by atoms with Crippen molar-refractivity contribution in [3.05, 3.63) is 0 Å². The summed E-state index contributed by atoms with van der Waals surface area (Å²) in [5.74, 6) is 6.79. The summed E-state index contributed by atoms with van der Waals surface area (Å²) in [5, 5.41) is 0. The van der Waals surface area contributed by atoms with Crippen molar-refractivity contribution in [2.24, 2.45) is 11.8 Å². The van der Waals surface area contributed by atoms with Crippen molar-refractivity contribution in [2.45, 2.75) is 83.2 Å². The van der Waals surface area contributed by atoms with Gasteiger partial charge in [-0.15, -0.1) is 0 Å². The summed E-state index contributed by atoms with van der Waals surface area (Å²) in [6.07, 6.45) is 12.5. The summed E-state index contributed by atoms with van der Waals surface area (Å²) in [7, 11) is 0. The van der Waals surface area contributed by atoms with Crippen LogP contribution in [0.4, 0.5) is 0 Å². The van der Waals surface area contributed by atoms with Gasteiger partial charge in [0.2, 0.25) is 0 Å².